The van der Waals surface area contributed by atoms with Crippen molar-refractivity contribution < 1.29 is 0 Å². The maximum Gasteiger partial charge on any atom is 0.191 e. The zero-order valence-corrected chi connectivity index (χ0v) is 13.2. The summed E-state index contributed by atoms with van der Waals surface area (Å²) < 4.78 is 0. The molecule has 0 aliphatic heterocycles. The molecule has 5 heteroatoms. The Hall–Kier alpha value is -1.88. The second-order valence-corrected chi connectivity index (χ2v) is 6.49. The average Bonchev–Trinajstić information content (AvgIpc) is 3.29. The number of aromatic nitrogens is 1. The van der Waals surface area contributed by atoms with Crippen molar-refractivity contribution in [3.63, 3.8) is 0 Å². The number of guanidine groups is 1. The van der Waals surface area contributed by atoms with Gasteiger partial charge < -0.3 is 10.6 Å². The Kier molecular flexibility index (Phi) is 3.92. The molecule has 4 nitrogen and oxygen atoms in total. The minimum atomic E-state index is 0.594. The first-order valence-corrected chi connectivity index (χ1v) is 8.01. The fourth-order valence-corrected chi connectivity index (χ4v) is 3.18. The number of aliphatic imine (C=N–C) groups is 1. The van der Waals surface area contributed by atoms with Gasteiger partial charge in [0.2, 0.25) is 0 Å². The van der Waals surface area contributed by atoms with Crippen LogP contribution in [-0.2, 0) is 6.54 Å². The molecule has 1 aromatic heterocycles. The Morgan fingerprint density at radius 3 is 2.76 bits per heavy atom. The molecule has 0 amide bonds. The summed E-state index contributed by atoms with van der Waals surface area (Å²) in [5.74, 6) is 0.631. The molecule has 1 fully saturated rings. The van der Waals surface area contributed by atoms with Crippen LogP contribution >= 0.6 is 11.3 Å². The van der Waals surface area contributed by atoms with Crippen LogP contribution in [0.5, 0.6) is 0 Å². The van der Waals surface area contributed by atoms with E-state index in [9.17, 15) is 0 Å². The molecule has 110 valence electrons. The molecule has 0 bridgehead atoms. The lowest BCUT2D eigenvalue weighted by Crippen LogP contribution is -2.35. The predicted molar refractivity (Wildman–Crippen MR) is 88.4 cm³/mol. The zero-order valence-electron chi connectivity index (χ0n) is 12.4. The van der Waals surface area contributed by atoms with Crippen molar-refractivity contribution in [3.8, 4) is 10.6 Å². The van der Waals surface area contributed by atoms with Gasteiger partial charge >= 0.3 is 0 Å². The summed E-state index contributed by atoms with van der Waals surface area (Å²) in [7, 11) is 2.02. The van der Waals surface area contributed by atoms with E-state index in [1.165, 1.54) is 17.7 Å². The maximum atomic E-state index is 6.03. The third-order valence-electron chi connectivity index (χ3n) is 3.75. The molecule has 0 unspecified atom stereocenters. The summed E-state index contributed by atoms with van der Waals surface area (Å²) in [5.41, 5.74) is 8.24. The molecule has 0 radical (unpaired) electrons. The third-order valence-corrected chi connectivity index (χ3v) is 4.95. The number of hydrogen-bond donors (Lipinski definition) is 1. The molecular formula is C16H20N4S. The Bertz CT molecular complexity index is 644. The van der Waals surface area contributed by atoms with Gasteiger partial charge in [-0.05, 0) is 19.8 Å². The van der Waals surface area contributed by atoms with E-state index in [0.29, 0.717) is 18.5 Å². The van der Waals surface area contributed by atoms with Crippen LogP contribution in [0.2, 0.25) is 0 Å². The molecule has 0 spiro atoms. The van der Waals surface area contributed by atoms with E-state index in [-0.39, 0.29) is 0 Å². The molecule has 1 aliphatic carbocycles. The van der Waals surface area contributed by atoms with Crippen molar-refractivity contribution in [2.24, 2.45) is 10.7 Å². The molecular weight excluding hydrogens is 280 g/mol. The fourth-order valence-electron chi connectivity index (χ4n) is 2.19. The molecule has 0 atom stereocenters. The summed E-state index contributed by atoms with van der Waals surface area (Å²) in [5, 5.41) is 1.05. The predicted octanol–water partition coefficient (Wildman–Crippen LogP) is 3.03. The van der Waals surface area contributed by atoms with Crippen LogP contribution in [0.15, 0.2) is 35.3 Å². The van der Waals surface area contributed by atoms with Crippen molar-refractivity contribution in [1.82, 2.24) is 9.88 Å². The van der Waals surface area contributed by atoms with Gasteiger partial charge in [-0.25, -0.2) is 9.98 Å². The summed E-state index contributed by atoms with van der Waals surface area (Å²) in [6.45, 7) is 2.65. The number of nitrogens with zero attached hydrogens (tertiary/aromatic N) is 3. The van der Waals surface area contributed by atoms with Crippen LogP contribution in [0.1, 0.15) is 23.4 Å². The number of thiazole rings is 1. The SMILES string of the molecule is Cc1nc(-c2ccccc2)sc1CN=C(N)N(C)C1CC1. The third kappa shape index (κ3) is 3.24. The molecule has 2 aromatic rings. The molecule has 1 heterocycles. The largest absolute Gasteiger partial charge is 0.370 e. The van der Waals surface area contributed by atoms with Crippen LogP contribution < -0.4 is 5.73 Å². The first-order chi connectivity index (χ1) is 10.1. The van der Waals surface area contributed by atoms with Crippen molar-refractivity contribution in [2.75, 3.05) is 7.05 Å². The molecule has 3 rings (SSSR count). The van der Waals surface area contributed by atoms with Gasteiger partial charge in [-0.3, -0.25) is 0 Å². The van der Waals surface area contributed by atoms with E-state index in [1.807, 2.05) is 32.2 Å². The molecule has 21 heavy (non-hydrogen) atoms. The Morgan fingerprint density at radius 2 is 2.10 bits per heavy atom. The highest BCUT2D eigenvalue weighted by atomic mass is 32.1. The van der Waals surface area contributed by atoms with E-state index < -0.39 is 0 Å². The normalized spacial score (nSPS) is 15.2. The molecule has 1 aliphatic rings. The summed E-state index contributed by atoms with van der Waals surface area (Å²) in [6.07, 6.45) is 2.45. The molecule has 0 saturated heterocycles. The van der Waals surface area contributed by atoms with Gasteiger partial charge in [0.05, 0.1) is 12.2 Å². The molecule has 1 aromatic carbocycles. The first kappa shape index (κ1) is 14.1. The highest BCUT2D eigenvalue weighted by Crippen LogP contribution is 2.28. The van der Waals surface area contributed by atoms with E-state index in [0.717, 1.165) is 16.3 Å². The van der Waals surface area contributed by atoms with Crippen LogP contribution in [0.3, 0.4) is 0 Å². The topological polar surface area (TPSA) is 54.5 Å². The second kappa shape index (κ2) is 5.85. The fraction of sp³-hybridized carbons (Fsp3) is 0.375. The summed E-state index contributed by atoms with van der Waals surface area (Å²) in [4.78, 5) is 12.4. The number of benzene rings is 1. The zero-order chi connectivity index (χ0) is 14.8. The van der Waals surface area contributed by atoms with Gasteiger partial charge in [0.25, 0.3) is 0 Å². The summed E-state index contributed by atoms with van der Waals surface area (Å²) in [6, 6.07) is 10.8. The molecule has 2 N–H and O–H groups in total. The quantitative estimate of drug-likeness (QED) is 0.697. The maximum absolute atomic E-state index is 6.03. The minimum Gasteiger partial charge on any atom is -0.370 e. The number of hydrogen-bond acceptors (Lipinski definition) is 3. The highest BCUT2D eigenvalue weighted by molar-refractivity contribution is 7.15. The first-order valence-electron chi connectivity index (χ1n) is 7.19. The van der Waals surface area contributed by atoms with Crippen molar-refractivity contribution in [1.29, 1.82) is 0 Å². The van der Waals surface area contributed by atoms with E-state index in [1.54, 1.807) is 11.3 Å². The number of aryl methyl sites for hydroxylation is 1. The smallest absolute Gasteiger partial charge is 0.191 e. The van der Waals surface area contributed by atoms with Gasteiger partial charge in [-0.15, -0.1) is 11.3 Å². The molecule has 1 saturated carbocycles. The highest BCUT2D eigenvalue weighted by Gasteiger charge is 2.27. The average molecular weight is 300 g/mol. The van der Waals surface area contributed by atoms with Gasteiger partial charge in [0.15, 0.2) is 5.96 Å². The Morgan fingerprint density at radius 1 is 1.38 bits per heavy atom. The van der Waals surface area contributed by atoms with Crippen molar-refractivity contribution in [3.05, 3.63) is 40.9 Å². The van der Waals surface area contributed by atoms with Gasteiger partial charge in [-0.2, -0.15) is 0 Å². The standard InChI is InChI=1S/C16H20N4S/c1-11-14(10-18-16(17)20(2)13-8-9-13)21-15(19-11)12-6-4-3-5-7-12/h3-7,13H,8-10H2,1-2H3,(H2,17,18). The van der Waals surface area contributed by atoms with Crippen LogP contribution in [0.4, 0.5) is 0 Å². The Balaban J connectivity index is 1.74. The number of rotatable bonds is 4. The van der Waals surface area contributed by atoms with Crippen LogP contribution in [0, 0.1) is 6.92 Å². The van der Waals surface area contributed by atoms with E-state index in [4.69, 9.17) is 5.73 Å². The minimum absolute atomic E-state index is 0.594. The van der Waals surface area contributed by atoms with E-state index in [2.05, 4.69) is 27.0 Å². The van der Waals surface area contributed by atoms with Crippen LogP contribution in [0.25, 0.3) is 10.6 Å². The lowest BCUT2D eigenvalue weighted by Gasteiger charge is -2.16. The van der Waals surface area contributed by atoms with Crippen LogP contribution in [-0.4, -0.2) is 28.9 Å². The Labute approximate surface area is 129 Å². The monoisotopic (exact) mass is 300 g/mol. The second-order valence-electron chi connectivity index (χ2n) is 5.41. The van der Waals surface area contributed by atoms with Crippen molar-refractivity contribution >= 4 is 17.3 Å². The van der Waals surface area contributed by atoms with Crippen molar-refractivity contribution in [2.45, 2.75) is 32.4 Å². The summed E-state index contributed by atoms with van der Waals surface area (Å²) >= 11 is 1.70. The lowest BCUT2D eigenvalue weighted by atomic mass is 10.2. The van der Waals surface area contributed by atoms with Gasteiger partial charge in [0, 0.05) is 23.5 Å². The number of nitrogens with two attached hydrogens (primary N) is 1. The van der Waals surface area contributed by atoms with E-state index >= 15 is 0 Å². The lowest BCUT2D eigenvalue weighted by molar-refractivity contribution is 0.487. The van der Waals surface area contributed by atoms with Gasteiger partial charge in [-0.1, -0.05) is 30.3 Å². The van der Waals surface area contributed by atoms with Gasteiger partial charge in [0.1, 0.15) is 5.01 Å².